The summed E-state index contributed by atoms with van der Waals surface area (Å²) in [4.78, 5) is 6.15. The van der Waals surface area contributed by atoms with Crippen LogP contribution in [0.4, 0.5) is 14.5 Å². The van der Waals surface area contributed by atoms with Crippen molar-refractivity contribution in [2.24, 2.45) is 12.8 Å². The van der Waals surface area contributed by atoms with Gasteiger partial charge >= 0.3 is 0 Å². The first kappa shape index (κ1) is 12.3. The summed E-state index contributed by atoms with van der Waals surface area (Å²) in [6, 6.07) is 3.51. The third-order valence-corrected chi connectivity index (χ3v) is 3.49. The minimum absolute atomic E-state index is 0.260. The monoisotopic (exact) mass is 266 g/mol. The SMILES string of the molecule is CC(N)c1nc2ccn(C)c2cc1N1CC(F)(F)C1. The fourth-order valence-electron chi connectivity index (χ4n) is 2.46. The van der Waals surface area contributed by atoms with E-state index < -0.39 is 5.92 Å². The zero-order valence-electron chi connectivity index (χ0n) is 10.9. The normalized spacial score (nSPS) is 19.5. The van der Waals surface area contributed by atoms with Crippen molar-refractivity contribution in [3.63, 3.8) is 0 Å². The lowest BCUT2D eigenvalue weighted by Gasteiger charge is -2.41. The molecule has 3 rings (SSSR count). The summed E-state index contributed by atoms with van der Waals surface area (Å²) in [6.45, 7) is 1.30. The second kappa shape index (κ2) is 3.90. The van der Waals surface area contributed by atoms with Gasteiger partial charge in [-0.15, -0.1) is 0 Å². The summed E-state index contributed by atoms with van der Waals surface area (Å²) in [5, 5.41) is 0. The number of hydrogen-bond acceptors (Lipinski definition) is 3. The van der Waals surface area contributed by atoms with Crippen molar-refractivity contribution in [1.82, 2.24) is 9.55 Å². The van der Waals surface area contributed by atoms with Gasteiger partial charge < -0.3 is 15.2 Å². The maximum absolute atomic E-state index is 13.0. The molecule has 0 aliphatic carbocycles. The predicted octanol–water partition coefficient (Wildman–Crippen LogP) is 2.05. The molecule has 4 nitrogen and oxygen atoms in total. The number of halogens is 2. The maximum Gasteiger partial charge on any atom is 0.282 e. The minimum Gasteiger partial charge on any atom is -0.358 e. The molecule has 0 aromatic carbocycles. The molecule has 2 N–H and O–H groups in total. The van der Waals surface area contributed by atoms with Gasteiger partial charge in [-0.3, -0.25) is 0 Å². The van der Waals surface area contributed by atoms with Crippen LogP contribution in [0.5, 0.6) is 0 Å². The summed E-state index contributed by atoms with van der Waals surface area (Å²) in [5.41, 5.74) is 9.07. The van der Waals surface area contributed by atoms with Crippen LogP contribution < -0.4 is 10.6 Å². The summed E-state index contributed by atoms with van der Waals surface area (Å²) < 4.78 is 28.0. The maximum atomic E-state index is 13.0. The number of nitrogens with zero attached hydrogens (tertiary/aromatic N) is 3. The van der Waals surface area contributed by atoms with E-state index in [0.29, 0.717) is 5.69 Å². The molecule has 0 radical (unpaired) electrons. The number of aromatic nitrogens is 2. The van der Waals surface area contributed by atoms with E-state index in [0.717, 1.165) is 16.7 Å². The highest BCUT2D eigenvalue weighted by atomic mass is 19.3. The third kappa shape index (κ3) is 1.96. The van der Waals surface area contributed by atoms with Gasteiger partial charge in [-0.05, 0) is 19.1 Å². The molecule has 2 aromatic heterocycles. The number of anilines is 1. The molecule has 3 heterocycles. The van der Waals surface area contributed by atoms with Crippen LogP contribution in [0.2, 0.25) is 0 Å². The van der Waals surface area contributed by atoms with E-state index in [4.69, 9.17) is 5.73 Å². The number of pyridine rings is 1. The van der Waals surface area contributed by atoms with E-state index in [-0.39, 0.29) is 19.1 Å². The molecule has 19 heavy (non-hydrogen) atoms. The largest absolute Gasteiger partial charge is 0.358 e. The summed E-state index contributed by atoms with van der Waals surface area (Å²) in [5.74, 6) is -2.60. The molecule has 1 atom stereocenters. The molecule has 1 fully saturated rings. The van der Waals surface area contributed by atoms with Gasteiger partial charge in [0.15, 0.2) is 0 Å². The predicted molar refractivity (Wildman–Crippen MR) is 70.5 cm³/mol. The van der Waals surface area contributed by atoms with E-state index in [1.165, 1.54) is 0 Å². The first-order valence-corrected chi connectivity index (χ1v) is 6.22. The lowest BCUT2D eigenvalue weighted by Crippen LogP contribution is -2.56. The van der Waals surface area contributed by atoms with Crippen molar-refractivity contribution in [1.29, 1.82) is 0 Å². The van der Waals surface area contributed by atoms with Crippen LogP contribution in [0, 0.1) is 0 Å². The van der Waals surface area contributed by atoms with E-state index in [1.54, 1.807) is 4.90 Å². The Labute approximate surface area is 109 Å². The number of fused-ring (bicyclic) bond motifs is 1. The van der Waals surface area contributed by atoms with Crippen molar-refractivity contribution >= 4 is 16.7 Å². The van der Waals surface area contributed by atoms with Gasteiger partial charge in [0.25, 0.3) is 5.92 Å². The van der Waals surface area contributed by atoms with Gasteiger partial charge in [-0.1, -0.05) is 0 Å². The highest BCUT2D eigenvalue weighted by molar-refractivity contribution is 5.81. The molecule has 0 amide bonds. The zero-order chi connectivity index (χ0) is 13.8. The lowest BCUT2D eigenvalue weighted by atomic mass is 10.1. The van der Waals surface area contributed by atoms with E-state index in [9.17, 15) is 8.78 Å². The van der Waals surface area contributed by atoms with Crippen molar-refractivity contribution in [3.8, 4) is 0 Å². The number of hydrogen-bond donors (Lipinski definition) is 1. The third-order valence-electron chi connectivity index (χ3n) is 3.49. The van der Waals surface area contributed by atoms with Crippen LogP contribution in [-0.4, -0.2) is 28.6 Å². The van der Waals surface area contributed by atoms with Crippen LogP contribution in [0.3, 0.4) is 0 Å². The smallest absolute Gasteiger partial charge is 0.282 e. The van der Waals surface area contributed by atoms with E-state index in [2.05, 4.69) is 4.98 Å². The Morgan fingerprint density at radius 1 is 1.42 bits per heavy atom. The van der Waals surface area contributed by atoms with Crippen LogP contribution >= 0.6 is 0 Å². The van der Waals surface area contributed by atoms with Gasteiger partial charge in [0, 0.05) is 19.3 Å². The number of rotatable bonds is 2. The summed E-state index contributed by atoms with van der Waals surface area (Å²) >= 11 is 0. The quantitative estimate of drug-likeness (QED) is 0.905. The Kier molecular flexibility index (Phi) is 2.53. The first-order chi connectivity index (χ1) is 8.87. The highest BCUT2D eigenvalue weighted by Gasteiger charge is 2.45. The standard InChI is InChI=1S/C13H16F2N4/c1-8(16)12-11(19-6-13(14,15)7-19)5-10-9(17-12)3-4-18(10)2/h3-5,8H,6-7,16H2,1-2H3. The van der Waals surface area contributed by atoms with Gasteiger partial charge in [0.2, 0.25) is 0 Å². The molecule has 1 aliphatic rings. The van der Waals surface area contributed by atoms with E-state index in [1.807, 2.05) is 36.9 Å². The summed E-state index contributed by atoms with van der Waals surface area (Å²) in [7, 11) is 1.91. The average molecular weight is 266 g/mol. The molecule has 1 aliphatic heterocycles. The van der Waals surface area contributed by atoms with Crippen LogP contribution in [0.1, 0.15) is 18.7 Å². The minimum atomic E-state index is -2.60. The Hall–Kier alpha value is -1.69. The van der Waals surface area contributed by atoms with Crippen molar-refractivity contribution in [2.75, 3.05) is 18.0 Å². The average Bonchev–Trinajstić information content (AvgIpc) is 2.66. The molecule has 1 unspecified atom stereocenters. The van der Waals surface area contributed by atoms with Crippen LogP contribution in [-0.2, 0) is 7.05 Å². The highest BCUT2D eigenvalue weighted by Crippen LogP contribution is 2.36. The second-order valence-corrected chi connectivity index (χ2v) is 5.22. The molecule has 0 saturated carbocycles. The molecule has 1 saturated heterocycles. The molecule has 0 spiro atoms. The van der Waals surface area contributed by atoms with Gasteiger partial charge in [0.05, 0.1) is 35.5 Å². The Morgan fingerprint density at radius 2 is 2.11 bits per heavy atom. The van der Waals surface area contributed by atoms with Gasteiger partial charge in [-0.2, -0.15) is 0 Å². The lowest BCUT2D eigenvalue weighted by molar-refractivity contribution is -0.0263. The van der Waals surface area contributed by atoms with Crippen LogP contribution in [0.25, 0.3) is 11.0 Å². The fourth-order valence-corrected chi connectivity index (χ4v) is 2.46. The molecule has 0 bridgehead atoms. The van der Waals surface area contributed by atoms with Crippen LogP contribution in [0.15, 0.2) is 18.3 Å². The fraction of sp³-hybridized carbons (Fsp3) is 0.462. The van der Waals surface area contributed by atoms with Crippen molar-refractivity contribution in [3.05, 3.63) is 24.0 Å². The Balaban J connectivity index is 2.10. The molecule has 102 valence electrons. The number of nitrogens with two attached hydrogens (primary N) is 1. The molecule has 2 aromatic rings. The molecular formula is C13H16F2N4. The number of alkyl halides is 2. The molecule has 6 heteroatoms. The van der Waals surface area contributed by atoms with E-state index >= 15 is 0 Å². The topological polar surface area (TPSA) is 47.1 Å². The number of aryl methyl sites for hydroxylation is 1. The molecular weight excluding hydrogens is 250 g/mol. The van der Waals surface area contributed by atoms with Crippen molar-refractivity contribution in [2.45, 2.75) is 18.9 Å². The van der Waals surface area contributed by atoms with Crippen molar-refractivity contribution < 1.29 is 8.78 Å². The zero-order valence-corrected chi connectivity index (χ0v) is 10.9. The first-order valence-electron chi connectivity index (χ1n) is 6.22. The van der Waals surface area contributed by atoms with Gasteiger partial charge in [0.1, 0.15) is 0 Å². The second-order valence-electron chi connectivity index (χ2n) is 5.22. The van der Waals surface area contributed by atoms with Gasteiger partial charge in [-0.25, -0.2) is 13.8 Å². The Bertz CT molecular complexity index is 625. The summed E-state index contributed by atoms with van der Waals surface area (Å²) in [6.07, 6.45) is 1.90. The Morgan fingerprint density at radius 3 is 2.68 bits per heavy atom.